The molecule has 0 atom stereocenters. The summed E-state index contributed by atoms with van der Waals surface area (Å²) in [4.78, 5) is 26.1. The first-order valence-corrected chi connectivity index (χ1v) is 9.26. The van der Waals surface area contributed by atoms with Gasteiger partial charge in [0.25, 0.3) is 0 Å². The molecule has 0 amide bonds. The molecule has 0 saturated carbocycles. The Labute approximate surface area is 152 Å². The summed E-state index contributed by atoms with van der Waals surface area (Å²) in [5.74, 6) is 0.481. The van der Waals surface area contributed by atoms with Crippen molar-refractivity contribution in [2.75, 3.05) is 0 Å². The summed E-state index contributed by atoms with van der Waals surface area (Å²) in [5, 5.41) is 3.75. The van der Waals surface area contributed by atoms with Crippen LogP contribution in [0.4, 0.5) is 0 Å². The van der Waals surface area contributed by atoms with Gasteiger partial charge in [-0.1, -0.05) is 12.1 Å². The number of benzene rings is 1. The van der Waals surface area contributed by atoms with Gasteiger partial charge < -0.3 is 9.47 Å². The van der Waals surface area contributed by atoms with Gasteiger partial charge in [0.05, 0.1) is 5.56 Å². The highest BCUT2D eigenvalue weighted by atomic mass is 32.1. The van der Waals surface area contributed by atoms with Crippen LogP contribution in [0, 0.1) is 6.92 Å². The molecule has 3 heterocycles. The number of fused-ring (bicyclic) bond motifs is 1. The Balaban J connectivity index is 1.63. The molecule has 2 aromatic heterocycles. The second-order valence-corrected chi connectivity index (χ2v) is 7.36. The molecule has 1 aliphatic heterocycles. The zero-order chi connectivity index (χ0) is 17.4. The smallest absolute Gasteiger partial charge is 0.353 e. The quantitative estimate of drug-likeness (QED) is 0.373. The van der Waals surface area contributed by atoms with E-state index < -0.39 is 5.97 Å². The number of thiophene rings is 2. The molecule has 0 saturated heterocycles. The van der Waals surface area contributed by atoms with Crippen molar-refractivity contribution in [1.82, 2.24) is 0 Å². The van der Waals surface area contributed by atoms with Gasteiger partial charge in [-0.05, 0) is 41.4 Å². The number of hydrogen-bond acceptors (Lipinski definition) is 6. The minimum atomic E-state index is -0.423. The number of Topliss-reactive ketones (excluding diaryl/α,β-unsaturated/α-hetero) is 1. The van der Waals surface area contributed by atoms with Crippen molar-refractivity contribution in [2.45, 2.75) is 6.92 Å². The fourth-order valence-corrected chi connectivity index (χ4v) is 3.84. The van der Waals surface area contributed by atoms with E-state index >= 15 is 0 Å². The van der Waals surface area contributed by atoms with Crippen molar-refractivity contribution >= 4 is 40.5 Å². The molecule has 3 aromatic rings. The molecule has 4 rings (SSSR count). The van der Waals surface area contributed by atoms with Gasteiger partial charge in [0.1, 0.15) is 16.4 Å². The van der Waals surface area contributed by atoms with Crippen molar-refractivity contribution in [2.24, 2.45) is 0 Å². The normalized spacial score (nSPS) is 14.4. The molecular formula is C19H12O4S2. The van der Waals surface area contributed by atoms with Gasteiger partial charge in [-0.25, -0.2) is 4.79 Å². The van der Waals surface area contributed by atoms with Crippen molar-refractivity contribution in [3.63, 3.8) is 0 Å². The number of esters is 1. The lowest BCUT2D eigenvalue weighted by molar-refractivity contribution is 0.0739. The molecule has 4 nitrogen and oxygen atoms in total. The Morgan fingerprint density at radius 3 is 2.68 bits per heavy atom. The molecule has 0 radical (unpaired) electrons. The molecule has 0 bridgehead atoms. The lowest BCUT2D eigenvalue weighted by atomic mass is 10.0. The predicted octanol–water partition coefficient (Wildman–Crippen LogP) is 4.95. The Morgan fingerprint density at radius 2 is 1.96 bits per heavy atom. The monoisotopic (exact) mass is 368 g/mol. The van der Waals surface area contributed by atoms with Crippen LogP contribution >= 0.6 is 22.7 Å². The zero-order valence-electron chi connectivity index (χ0n) is 13.1. The van der Waals surface area contributed by atoms with Gasteiger partial charge in [0.2, 0.25) is 5.78 Å². The van der Waals surface area contributed by atoms with E-state index in [1.807, 2.05) is 22.9 Å². The maximum absolute atomic E-state index is 12.6. The van der Waals surface area contributed by atoms with Gasteiger partial charge in [-0.3, -0.25) is 4.79 Å². The number of ether oxygens (including phenoxy) is 2. The Morgan fingerprint density at radius 1 is 1.16 bits per heavy atom. The van der Waals surface area contributed by atoms with E-state index in [0.29, 0.717) is 27.5 Å². The lowest BCUT2D eigenvalue weighted by Gasteiger charge is -2.06. The summed E-state index contributed by atoms with van der Waals surface area (Å²) < 4.78 is 11.1. The third-order valence-electron chi connectivity index (χ3n) is 3.69. The average molecular weight is 368 g/mol. The van der Waals surface area contributed by atoms with Crippen LogP contribution < -0.4 is 9.47 Å². The van der Waals surface area contributed by atoms with Crippen LogP contribution in [0.5, 0.6) is 11.5 Å². The predicted molar refractivity (Wildman–Crippen MR) is 97.7 cm³/mol. The topological polar surface area (TPSA) is 52.6 Å². The van der Waals surface area contributed by atoms with E-state index in [2.05, 4.69) is 0 Å². The van der Waals surface area contributed by atoms with Crippen molar-refractivity contribution in [3.05, 3.63) is 73.8 Å². The first-order valence-electron chi connectivity index (χ1n) is 7.50. The summed E-state index contributed by atoms with van der Waals surface area (Å²) in [6.07, 6.45) is 1.73. The summed E-state index contributed by atoms with van der Waals surface area (Å²) >= 11 is 2.84. The second kappa shape index (κ2) is 6.31. The molecule has 0 N–H and O–H groups in total. The molecule has 0 aliphatic carbocycles. The lowest BCUT2D eigenvalue weighted by Crippen LogP contribution is -2.06. The zero-order valence-corrected chi connectivity index (χ0v) is 14.8. The van der Waals surface area contributed by atoms with Crippen LogP contribution in [0.3, 0.4) is 0 Å². The third-order valence-corrected chi connectivity index (χ3v) is 5.36. The molecular weight excluding hydrogens is 356 g/mol. The first kappa shape index (κ1) is 15.8. The Bertz CT molecular complexity index is 983. The van der Waals surface area contributed by atoms with Crippen molar-refractivity contribution in [1.29, 1.82) is 0 Å². The highest BCUT2D eigenvalue weighted by Crippen LogP contribution is 2.38. The van der Waals surface area contributed by atoms with Gasteiger partial charge in [-0.15, -0.1) is 22.7 Å². The SMILES string of the molecule is Cc1cc(OC(=O)c2cccs2)cc2c1C(=O)/C(=C/c1cccs1)O2. The standard InChI is InChI=1S/C19H12O4S2/c1-11-8-12(22-19(21)16-5-3-7-25-16)9-14-17(11)18(20)15(23-14)10-13-4-2-6-24-13/h2-10H,1H3/b15-10-. The van der Waals surface area contributed by atoms with Crippen LogP contribution in [0.25, 0.3) is 6.08 Å². The van der Waals surface area contributed by atoms with Crippen molar-refractivity contribution in [3.8, 4) is 11.5 Å². The van der Waals surface area contributed by atoms with Gasteiger partial charge in [0.15, 0.2) is 5.76 Å². The number of hydrogen-bond donors (Lipinski definition) is 0. The van der Waals surface area contributed by atoms with E-state index in [0.717, 1.165) is 4.88 Å². The second-order valence-electron chi connectivity index (χ2n) is 5.44. The van der Waals surface area contributed by atoms with E-state index in [4.69, 9.17) is 9.47 Å². The average Bonchev–Trinajstić information content (AvgIpc) is 3.31. The molecule has 0 unspecified atom stereocenters. The molecule has 0 fully saturated rings. The molecule has 25 heavy (non-hydrogen) atoms. The first-order chi connectivity index (χ1) is 12.1. The van der Waals surface area contributed by atoms with Gasteiger partial charge in [-0.2, -0.15) is 0 Å². The van der Waals surface area contributed by atoms with E-state index in [1.165, 1.54) is 22.7 Å². The summed E-state index contributed by atoms with van der Waals surface area (Å²) in [6.45, 7) is 1.80. The summed E-state index contributed by atoms with van der Waals surface area (Å²) in [6, 6.07) is 10.6. The van der Waals surface area contributed by atoms with Crippen LogP contribution in [0.1, 0.15) is 30.5 Å². The van der Waals surface area contributed by atoms with Crippen LogP contribution in [0.15, 0.2) is 52.9 Å². The number of allylic oxidation sites excluding steroid dienone is 1. The molecule has 1 aliphatic rings. The Kier molecular flexibility index (Phi) is 3.99. The largest absolute Gasteiger partial charge is 0.452 e. The minimum Gasteiger partial charge on any atom is -0.452 e. The van der Waals surface area contributed by atoms with Gasteiger partial charge in [0, 0.05) is 17.0 Å². The Hall–Kier alpha value is -2.70. The molecule has 1 aromatic carbocycles. The van der Waals surface area contributed by atoms with E-state index in [9.17, 15) is 9.59 Å². The molecule has 124 valence electrons. The maximum Gasteiger partial charge on any atom is 0.353 e. The van der Waals surface area contributed by atoms with Gasteiger partial charge >= 0.3 is 5.97 Å². The highest BCUT2D eigenvalue weighted by Gasteiger charge is 2.30. The van der Waals surface area contributed by atoms with Crippen LogP contribution in [-0.2, 0) is 0 Å². The third kappa shape index (κ3) is 3.01. The summed E-state index contributed by atoms with van der Waals surface area (Å²) in [5.41, 5.74) is 1.23. The van der Waals surface area contributed by atoms with E-state index in [-0.39, 0.29) is 11.5 Å². The van der Waals surface area contributed by atoms with Crippen LogP contribution in [-0.4, -0.2) is 11.8 Å². The number of aryl methyl sites for hydroxylation is 1. The van der Waals surface area contributed by atoms with E-state index in [1.54, 1.807) is 37.3 Å². The number of ketones is 1. The molecule has 6 heteroatoms. The van der Waals surface area contributed by atoms with Crippen LogP contribution in [0.2, 0.25) is 0 Å². The number of rotatable bonds is 3. The number of carbonyl (C=O) groups excluding carboxylic acids is 2. The highest BCUT2D eigenvalue weighted by molar-refractivity contribution is 7.12. The fraction of sp³-hybridized carbons (Fsp3) is 0.0526. The molecule has 0 spiro atoms. The fourth-order valence-electron chi connectivity index (χ4n) is 2.59. The maximum atomic E-state index is 12.6. The number of carbonyl (C=O) groups is 2. The summed E-state index contributed by atoms with van der Waals surface area (Å²) in [7, 11) is 0. The van der Waals surface area contributed by atoms with Crippen molar-refractivity contribution < 1.29 is 19.1 Å². The minimum absolute atomic E-state index is 0.156.